The molecule has 3 rings (SSSR count). The number of hydrogen-bond acceptors (Lipinski definition) is 7. The number of esters is 1. The molecule has 24 heavy (non-hydrogen) atoms. The number of carbonyl (C=O) groups excluding carboxylic acids is 1. The number of methoxy groups -OCH3 is 1. The lowest BCUT2D eigenvalue weighted by Crippen LogP contribution is -2.15. The highest BCUT2D eigenvalue weighted by atomic mass is 16.5. The number of aromatic nitrogens is 2. The molecule has 0 aliphatic carbocycles. The lowest BCUT2D eigenvalue weighted by molar-refractivity contribution is 0.0593. The van der Waals surface area contributed by atoms with Crippen molar-refractivity contribution in [3.8, 4) is 11.8 Å². The molecule has 120 valence electrons. The first-order valence-electron chi connectivity index (χ1n) is 6.63. The summed E-state index contributed by atoms with van der Waals surface area (Å²) in [5.41, 5.74) is 5.66. The lowest BCUT2D eigenvalue weighted by atomic mass is 10.2. The topological polar surface area (TPSA) is 144 Å². The number of H-pyrrole nitrogens is 1. The number of aromatic amines is 1. The van der Waals surface area contributed by atoms with Gasteiger partial charge >= 0.3 is 17.4 Å². The number of carbonyl (C=O) groups is 1. The van der Waals surface area contributed by atoms with Crippen LogP contribution in [0.5, 0.6) is 0 Å². The number of rotatable bonds is 2. The molecule has 0 saturated heterocycles. The number of nitriles is 1. The van der Waals surface area contributed by atoms with Gasteiger partial charge in [-0.2, -0.15) is 5.26 Å². The van der Waals surface area contributed by atoms with Gasteiger partial charge in [-0.05, 0) is 18.2 Å². The minimum atomic E-state index is -0.868. The van der Waals surface area contributed by atoms with Crippen LogP contribution in [-0.2, 0) is 4.74 Å². The predicted octanol–water partition coefficient (Wildman–Crippen LogP) is 0.512. The summed E-state index contributed by atoms with van der Waals surface area (Å²) in [5.74, 6) is -1.60. The smallest absolute Gasteiger partial charge is 0.419 e. The van der Waals surface area contributed by atoms with Gasteiger partial charge < -0.3 is 19.5 Å². The van der Waals surface area contributed by atoms with Crippen molar-refractivity contribution >= 4 is 22.6 Å². The van der Waals surface area contributed by atoms with Gasteiger partial charge in [-0.15, -0.1) is 0 Å². The van der Waals surface area contributed by atoms with Crippen LogP contribution in [0.15, 0.2) is 38.4 Å². The molecule has 0 saturated carbocycles. The molecule has 2 aromatic heterocycles. The van der Waals surface area contributed by atoms with Crippen LogP contribution in [0.25, 0.3) is 16.6 Å². The number of anilines is 1. The Morgan fingerprint density at radius 1 is 1.42 bits per heavy atom. The molecule has 1 aromatic carbocycles. The van der Waals surface area contributed by atoms with E-state index in [-0.39, 0.29) is 27.8 Å². The predicted molar refractivity (Wildman–Crippen MR) is 82.9 cm³/mol. The lowest BCUT2D eigenvalue weighted by Gasteiger charge is -2.09. The third kappa shape index (κ3) is 2.22. The van der Waals surface area contributed by atoms with Crippen LogP contribution in [0.4, 0.5) is 5.69 Å². The molecule has 0 aliphatic rings. The van der Waals surface area contributed by atoms with Crippen molar-refractivity contribution in [1.29, 1.82) is 5.26 Å². The molecule has 0 fully saturated rings. The van der Waals surface area contributed by atoms with Crippen LogP contribution in [0.2, 0.25) is 0 Å². The summed E-state index contributed by atoms with van der Waals surface area (Å²) < 4.78 is 10.5. The van der Waals surface area contributed by atoms with Crippen molar-refractivity contribution in [3.05, 3.63) is 56.6 Å². The van der Waals surface area contributed by atoms with Crippen molar-refractivity contribution < 1.29 is 13.9 Å². The number of nitrogens with two attached hydrogens (primary N) is 1. The molecule has 0 spiro atoms. The summed E-state index contributed by atoms with van der Waals surface area (Å²) in [6, 6.07) is 6.31. The van der Waals surface area contributed by atoms with Crippen LogP contribution in [-0.4, -0.2) is 22.6 Å². The zero-order chi connectivity index (χ0) is 17.4. The highest BCUT2D eigenvalue weighted by Gasteiger charge is 2.22. The highest BCUT2D eigenvalue weighted by Crippen LogP contribution is 2.25. The third-order valence-corrected chi connectivity index (χ3v) is 3.47. The molecule has 0 unspecified atom stereocenters. The fourth-order valence-electron chi connectivity index (χ4n) is 2.35. The van der Waals surface area contributed by atoms with E-state index in [2.05, 4.69) is 14.1 Å². The number of benzene rings is 1. The maximum Gasteiger partial charge on any atom is 0.419 e. The van der Waals surface area contributed by atoms with Crippen LogP contribution in [0, 0.1) is 11.3 Å². The zero-order valence-corrected chi connectivity index (χ0v) is 12.3. The van der Waals surface area contributed by atoms with Crippen molar-refractivity contribution in [2.24, 2.45) is 0 Å². The van der Waals surface area contributed by atoms with E-state index in [9.17, 15) is 14.4 Å². The minimum absolute atomic E-state index is 0.0297. The molecule has 0 radical (unpaired) electrons. The standard InChI is InChI=1S/C15H10N4O5/c1-23-14(21)12-11(17)7(5-16)6-19(12)8-2-3-10-9(4-8)13(20)24-15(22)18-10/h2-4,6H,17H2,1H3,(H,18,22). The molecule has 9 nitrogen and oxygen atoms in total. The maximum absolute atomic E-state index is 12.0. The Morgan fingerprint density at radius 3 is 2.83 bits per heavy atom. The number of nitrogens with one attached hydrogen (secondary N) is 1. The molecule has 0 amide bonds. The normalized spacial score (nSPS) is 10.5. The molecular weight excluding hydrogens is 316 g/mol. The molecule has 2 heterocycles. The second-order valence-corrected chi connectivity index (χ2v) is 4.81. The molecular formula is C15H10N4O5. The van der Waals surface area contributed by atoms with Gasteiger partial charge in [-0.3, -0.25) is 4.98 Å². The van der Waals surface area contributed by atoms with Gasteiger partial charge in [0, 0.05) is 11.9 Å². The van der Waals surface area contributed by atoms with Gasteiger partial charge in [-0.25, -0.2) is 14.4 Å². The van der Waals surface area contributed by atoms with Crippen LogP contribution >= 0.6 is 0 Å². The van der Waals surface area contributed by atoms with Gasteiger partial charge in [0.2, 0.25) is 0 Å². The van der Waals surface area contributed by atoms with Gasteiger partial charge in [-0.1, -0.05) is 0 Å². The quantitative estimate of drug-likeness (QED) is 0.653. The Balaban J connectivity index is 2.32. The molecule has 9 heteroatoms. The Hall–Kier alpha value is -3.80. The van der Waals surface area contributed by atoms with E-state index in [1.54, 1.807) is 6.07 Å². The highest BCUT2D eigenvalue weighted by molar-refractivity contribution is 5.96. The summed E-state index contributed by atoms with van der Waals surface area (Å²) in [7, 11) is 1.19. The SMILES string of the molecule is COC(=O)c1c(N)c(C#N)cn1-c1ccc2[nH]c(=O)oc(=O)c2c1. The van der Waals surface area contributed by atoms with Crippen LogP contribution in [0.1, 0.15) is 16.1 Å². The first-order chi connectivity index (χ1) is 11.5. The second-order valence-electron chi connectivity index (χ2n) is 4.81. The van der Waals surface area contributed by atoms with Gasteiger partial charge in [0.05, 0.1) is 29.3 Å². The fourth-order valence-corrected chi connectivity index (χ4v) is 2.35. The Labute approximate surface area is 133 Å². The Kier molecular flexibility index (Phi) is 3.42. The molecule has 0 bridgehead atoms. The van der Waals surface area contributed by atoms with E-state index in [0.717, 1.165) is 0 Å². The maximum atomic E-state index is 12.0. The van der Waals surface area contributed by atoms with E-state index >= 15 is 0 Å². The average Bonchev–Trinajstić information content (AvgIpc) is 2.90. The summed E-state index contributed by atoms with van der Waals surface area (Å²) >= 11 is 0. The summed E-state index contributed by atoms with van der Waals surface area (Å²) in [4.78, 5) is 37.4. The van der Waals surface area contributed by atoms with Gasteiger partial charge in [0.1, 0.15) is 6.07 Å². The van der Waals surface area contributed by atoms with Crippen molar-refractivity contribution in [2.75, 3.05) is 12.8 Å². The monoisotopic (exact) mass is 326 g/mol. The van der Waals surface area contributed by atoms with Gasteiger partial charge in [0.25, 0.3) is 0 Å². The summed E-state index contributed by atoms with van der Waals surface area (Å²) in [5, 5.41) is 9.21. The van der Waals surface area contributed by atoms with Crippen molar-refractivity contribution in [3.63, 3.8) is 0 Å². The number of fused-ring (bicyclic) bond motifs is 1. The van der Waals surface area contributed by atoms with E-state index in [1.807, 2.05) is 6.07 Å². The van der Waals surface area contributed by atoms with E-state index in [4.69, 9.17) is 11.0 Å². The molecule has 3 aromatic rings. The first kappa shape index (κ1) is 15.1. The van der Waals surface area contributed by atoms with Crippen LogP contribution in [0.3, 0.4) is 0 Å². The van der Waals surface area contributed by atoms with E-state index in [0.29, 0.717) is 5.69 Å². The third-order valence-electron chi connectivity index (χ3n) is 3.47. The molecule has 3 N–H and O–H groups in total. The number of ether oxygens (including phenoxy) is 1. The van der Waals surface area contributed by atoms with Crippen LogP contribution < -0.4 is 17.1 Å². The average molecular weight is 326 g/mol. The Morgan fingerprint density at radius 2 is 2.17 bits per heavy atom. The number of nitrogen functional groups attached to an aromatic ring is 1. The first-order valence-corrected chi connectivity index (χ1v) is 6.63. The zero-order valence-electron chi connectivity index (χ0n) is 12.3. The van der Waals surface area contributed by atoms with Crippen molar-refractivity contribution in [2.45, 2.75) is 0 Å². The van der Waals surface area contributed by atoms with Crippen molar-refractivity contribution in [1.82, 2.24) is 9.55 Å². The second kappa shape index (κ2) is 5.44. The Bertz CT molecular complexity index is 1130. The molecule has 0 atom stereocenters. The van der Waals surface area contributed by atoms with Gasteiger partial charge in [0.15, 0.2) is 5.69 Å². The van der Waals surface area contributed by atoms with E-state index < -0.39 is 17.4 Å². The summed E-state index contributed by atoms with van der Waals surface area (Å²) in [6.45, 7) is 0. The summed E-state index contributed by atoms with van der Waals surface area (Å²) in [6.07, 6.45) is 1.36. The number of hydrogen-bond donors (Lipinski definition) is 2. The minimum Gasteiger partial charge on any atom is -0.464 e. The fraction of sp³-hybridized carbons (Fsp3) is 0.0667. The number of nitrogens with zero attached hydrogens (tertiary/aromatic N) is 2. The van der Waals surface area contributed by atoms with E-state index in [1.165, 1.54) is 30.0 Å². The molecule has 0 aliphatic heterocycles. The largest absolute Gasteiger partial charge is 0.464 e.